The highest BCUT2D eigenvalue weighted by Gasteiger charge is 2.21. The minimum atomic E-state index is -0.00556. The van der Waals surface area contributed by atoms with E-state index in [1.54, 1.807) is 17.0 Å². The number of hydrogen-bond acceptors (Lipinski definition) is 5. The standard InChI is InChI=1S/C14H23N5OS/c1-11(2)9-19-4-3-16-13(14(19)20)18-7-5-17(6-8-18)10-12(15)21/h3-4,11H,5-10H2,1-2H3,(H2,15,21). The molecule has 2 rings (SSSR count). The van der Waals surface area contributed by atoms with E-state index in [1.165, 1.54) is 0 Å². The molecule has 1 aliphatic rings. The maximum atomic E-state index is 12.5. The molecule has 116 valence electrons. The molecule has 1 saturated heterocycles. The zero-order valence-electron chi connectivity index (χ0n) is 12.7. The van der Waals surface area contributed by atoms with E-state index in [1.807, 2.05) is 0 Å². The van der Waals surface area contributed by atoms with Crippen LogP contribution in [-0.2, 0) is 6.54 Å². The average molecular weight is 309 g/mol. The van der Waals surface area contributed by atoms with Crippen molar-refractivity contribution in [2.75, 3.05) is 37.6 Å². The maximum Gasteiger partial charge on any atom is 0.293 e. The zero-order valence-corrected chi connectivity index (χ0v) is 13.5. The van der Waals surface area contributed by atoms with E-state index in [-0.39, 0.29) is 5.56 Å². The van der Waals surface area contributed by atoms with Crippen molar-refractivity contribution in [3.63, 3.8) is 0 Å². The summed E-state index contributed by atoms with van der Waals surface area (Å²) >= 11 is 4.93. The Morgan fingerprint density at radius 2 is 2.05 bits per heavy atom. The van der Waals surface area contributed by atoms with Crippen molar-refractivity contribution < 1.29 is 0 Å². The fourth-order valence-corrected chi connectivity index (χ4v) is 2.71. The normalized spacial score (nSPS) is 16.4. The first-order valence-electron chi connectivity index (χ1n) is 7.28. The molecule has 0 amide bonds. The van der Waals surface area contributed by atoms with Crippen molar-refractivity contribution in [2.45, 2.75) is 20.4 Å². The second-order valence-electron chi connectivity index (χ2n) is 5.83. The van der Waals surface area contributed by atoms with E-state index in [0.29, 0.717) is 23.3 Å². The van der Waals surface area contributed by atoms with Crippen molar-refractivity contribution in [3.8, 4) is 0 Å². The molecule has 7 heteroatoms. The number of rotatable bonds is 5. The molecule has 1 aromatic rings. The van der Waals surface area contributed by atoms with Gasteiger partial charge >= 0.3 is 0 Å². The molecule has 0 saturated carbocycles. The Hall–Kier alpha value is -1.47. The number of aromatic nitrogens is 2. The molecule has 1 fully saturated rings. The molecule has 0 aliphatic carbocycles. The third-order valence-electron chi connectivity index (χ3n) is 3.51. The quantitative estimate of drug-likeness (QED) is 0.790. The van der Waals surface area contributed by atoms with Gasteiger partial charge < -0.3 is 15.2 Å². The zero-order chi connectivity index (χ0) is 15.4. The third kappa shape index (κ3) is 4.25. The van der Waals surface area contributed by atoms with Crippen molar-refractivity contribution in [3.05, 3.63) is 22.7 Å². The van der Waals surface area contributed by atoms with Crippen LogP contribution in [-0.4, -0.2) is 52.2 Å². The highest BCUT2D eigenvalue weighted by molar-refractivity contribution is 7.80. The van der Waals surface area contributed by atoms with E-state index in [2.05, 4.69) is 28.6 Å². The highest BCUT2D eigenvalue weighted by Crippen LogP contribution is 2.09. The molecule has 21 heavy (non-hydrogen) atoms. The molecule has 6 nitrogen and oxygen atoms in total. The molecule has 0 bridgehead atoms. The third-order valence-corrected chi connectivity index (χ3v) is 3.64. The lowest BCUT2D eigenvalue weighted by atomic mass is 10.2. The number of nitrogens with zero attached hydrogens (tertiary/aromatic N) is 4. The largest absolute Gasteiger partial charge is 0.392 e. The molecule has 1 aliphatic heterocycles. The van der Waals surface area contributed by atoms with Gasteiger partial charge in [0.15, 0.2) is 5.82 Å². The fraction of sp³-hybridized carbons (Fsp3) is 0.643. The van der Waals surface area contributed by atoms with E-state index >= 15 is 0 Å². The Kier molecular flexibility index (Phi) is 5.30. The van der Waals surface area contributed by atoms with Crippen LogP contribution in [0.1, 0.15) is 13.8 Å². The Balaban J connectivity index is 2.07. The topological polar surface area (TPSA) is 67.4 Å². The van der Waals surface area contributed by atoms with Gasteiger partial charge in [-0.2, -0.15) is 0 Å². The van der Waals surface area contributed by atoms with Crippen LogP contribution in [0.4, 0.5) is 5.82 Å². The lowest BCUT2D eigenvalue weighted by Gasteiger charge is -2.34. The monoisotopic (exact) mass is 309 g/mol. The van der Waals surface area contributed by atoms with Crippen LogP contribution in [0, 0.1) is 5.92 Å². The summed E-state index contributed by atoms with van der Waals surface area (Å²) in [7, 11) is 0. The molecule has 2 heterocycles. The van der Waals surface area contributed by atoms with Gasteiger partial charge in [0.2, 0.25) is 0 Å². The number of hydrogen-bond donors (Lipinski definition) is 1. The van der Waals surface area contributed by atoms with Crippen LogP contribution in [0.25, 0.3) is 0 Å². The first kappa shape index (κ1) is 15.9. The summed E-state index contributed by atoms with van der Waals surface area (Å²) in [6, 6.07) is 0. The van der Waals surface area contributed by atoms with Gasteiger partial charge in [0.1, 0.15) is 0 Å². The molecule has 1 aromatic heterocycles. The molecule has 0 radical (unpaired) electrons. The number of piperazine rings is 1. The predicted molar refractivity (Wildman–Crippen MR) is 88.8 cm³/mol. The van der Waals surface area contributed by atoms with Crippen LogP contribution in [0.2, 0.25) is 0 Å². The van der Waals surface area contributed by atoms with Crippen LogP contribution >= 0.6 is 12.2 Å². The number of nitrogens with two attached hydrogens (primary N) is 1. The van der Waals surface area contributed by atoms with Gasteiger partial charge in [-0.25, -0.2) is 4.98 Å². The van der Waals surface area contributed by atoms with E-state index in [0.717, 1.165) is 32.7 Å². The second-order valence-corrected chi connectivity index (χ2v) is 6.36. The second kappa shape index (κ2) is 7.00. The average Bonchev–Trinajstić information content (AvgIpc) is 2.41. The van der Waals surface area contributed by atoms with E-state index in [9.17, 15) is 4.79 Å². The number of thiocarbonyl (C=S) groups is 1. The fourth-order valence-electron chi connectivity index (χ4n) is 2.53. The molecular formula is C14H23N5OS. The van der Waals surface area contributed by atoms with Gasteiger partial charge in [-0.05, 0) is 5.92 Å². The van der Waals surface area contributed by atoms with Gasteiger partial charge in [0, 0.05) is 51.7 Å². The summed E-state index contributed by atoms with van der Waals surface area (Å²) in [5.41, 5.74) is 5.56. The van der Waals surface area contributed by atoms with Crippen LogP contribution in [0.5, 0.6) is 0 Å². The van der Waals surface area contributed by atoms with Crippen molar-refractivity contribution >= 4 is 23.0 Å². The van der Waals surface area contributed by atoms with Gasteiger partial charge in [-0.1, -0.05) is 26.1 Å². The Bertz CT molecular complexity index is 549. The Labute approximate surface area is 130 Å². The van der Waals surface area contributed by atoms with Crippen molar-refractivity contribution in [1.29, 1.82) is 0 Å². The van der Waals surface area contributed by atoms with E-state index in [4.69, 9.17) is 18.0 Å². The molecule has 0 atom stereocenters. The van der Waals surface area contributed by atoms with Crippen LogP contribution < -0.4 is 16.2 Å². The first-order chi connectivity index (χ1) is 9.97. The Morgan fingerprint density at radius 3 is 2.62 bits per heavy atom. The summed E-state index contributed by atoms with van der Waals surface area (Å²) < 4.78 is 1.74. The number of anilines is 1. The minimum Gasteiger partial charge on any atom is -0.392 e. The summed E-state index contributed by atoms with van der Waals surface area (Å²) in [5.74, 6) is 0.980. The Morgan fingerprint density at radius 1 is 1.38 bits per heavy atom. The lowest BCUT2D eigenvalue weighted by Crippen LogP contribution is -2.50. The van der Waals surface area contributed by atoms with Crippen LogP contribution in [0.3, 0.4) is 0 Å². The van der Waals surface area contributed by atoms with Gasteiger partial charge in [-0.15, -0.1) is 0 Å². The van der Waals surface area contributed by atoms with Crippen LogP contribution in [0.15, 0.2) is 17.2 Å². The summed E-state index contributed by atoms with van der Waals surface area (Å²) in [6.45, 7) is 8.79. The van der Waals surface area contributed by atoms with Crippen molar-refractivity contribution in [1.82, 2.24) is 14.5 Å². The lowest BCUT2D eigenvalue weighted by molar-refractivity contribution is 0.291. The predicted octanol–water partition coefficient (Wildman–Crippen LogP) is 0.307. The summed E-state index contributed by atoms with van der Waals surface area (Å²) in [4.78, 5) is 21.5. The molecule has 0 unspecified atom stereocenters. The highest BCUT2D eigenvalue weighted by atomic mass is 32.1. The molecule has 2 N–H and O–H groups in total. The first-order valence-corrected chi connectivity index (χ1v) is 7.69. The van der Waals surface area contributed by atoms with Gasteiger partial charge in [0.05, 0.1) is 4.99 Å². The smallest absolute Gasteiger partial charge is 0.293 e. The minimum absolute atomic E-state index is 0.00556. The summed E-state index contributed by atoms with van der Waals surface area (Å²) in [5, 5.41) is 0. The molecular weight excluding hydrogens is 286 g/mol. The summed E-state index contributed by atoms with van der Waals surface area (Å²) in [6.07, 6.45) is 3.47. The maximum absolute atomic E-state index is 12.5. The molecule has 0 aromatic carbocycles. The molecule has 0 spiro atoms. The van der Waals surface area contributed by atoms with Gasteiger partial charge in [0.25, 0.3) is 5.56 Å². The SMILES string of the molecule is CC(C)Cn1ccnc(N2CCN(CC(N)=S)CC2)c1=O. The van der Waals surface area contributed by atoms with Crippen molar-refractivity contribution in [2.24, 2.45) is 11.7 Å². The van der Waals surface area contributed by atoms with E-state index < -0.39 is 0 Å². The van der Waals surface area contributed by atoms with Gasteiger partial charge in [-0.3, -0.25) is 9.69 Å².